The van der Waals surface area contributed by atoms with E-state index in [2.05, 4.69) is 15.5 Å². The molecule has 9 heteroatoms. The summed E-state index contributed by atoms with van der Waals surface area (Å²) in [5.74, 6) is 1.39. The van der Waals surface area contributed by atoms with Gasteiger partial charge in [0.2, 0.25) is 5.91 Å². The topological polar surface area (TPSA) is 78.3 Å². The van der Waals surface area contributed by atoms with E-state index in [4.69, 9.17) is 9.47 Å². The molecule has 3 aromatic rings. The molecule has 1 aromatic heterocycles. The van der Waals surface area contributed by atoms with Gasteiger partial charge in [-0.25, -0.2) is 4.39 Å². The molecule has 152 valence electrons. The van der Waals surface area contributed by atoms with Gasteiger partial charge < -0.3 is 19.4 Å². The highest BCUT2D eigenvalue weighted by molar-refractivity contribution is 7.99. The monoisotopic (exact) mass is 416 g/mol. The SMILES string of the molecule is CCn1c(COc2ccc(OC)cc2)nnc1SCC(=O)Nc1ccccc1F. The molecule has 7 nitrogen and oxygen atoms in total. The van der Waals surface area contributed by atoms with E-state index in [-0.39, 0.29) is 24.0 Å². The van der Waals surface area contributed by atoms with Gasteiger partial charge in [0.15, 0.2) is 11.0 Å². The van der Waals surface area contributed by atoms with Gasteiger partial charge in [0.25, 0.3) is 0 Å². The molecule has 1 amide bonds. The van der Waals surface area contributed by atoms with E-state index in [1.165, 1.54) is 23.9 Å². The Morgan fingerprint density at radius 1 is 1.14 bits per heavy atom. The molecule has 0 radical (unpaired) electrons. The molecule has 0 aliphatic heterocycles. The molecule has 0 unspecified atom stereocenters. The van der Waals surface area contributed by atoms with Gasteiger partial charge in [-0.1, -0.05) is 23.9 Å². The third kappa shape index (κ3) is 5.47. The molecule has 0 aliphatic carbocycles. The molecule has 0 spiro atoms. The van der Waals surface area contributed by atoms with Gasteiger partial charge in [0.1, 0.15) is 23.9 Å². The number of para-hydroxylation sites is 1. The summed E-state index contributed by atoms with van der Waals surface area (Å²) in [4.78, 5) is 12.1. The number of hydrogen-bond acceptors (Lipinski definition) is 6. The zero-order valence-corrected chi connectivity index (χ0v) is 16.9. The first-order chi connectivity index (χ1) is 14.1. The van der Waals surface area contributed by atoms with E-state index >= 15 is 0 Å². The Hall–Kier alpha value is -3.07. The zero-order valence-electron chi connectivity index (χ0n) is 16.1. The number of carbonyl (C=O) groups is 1. The van der Waals surface area contributed by atoms with Crippen LogP contribution in [0, 0.1) is 5.82 Å². The number of amides is 1. The van der Waals surface area contributed by atoms with Crippen molar-refractivity contribution < 1.29 is 18.7 Å². The lowest BCUT2D eigenvalue weighted by Gasteiger charge is -2.09. The van der Waals surface area contributed by atoms with Crippen LogP contribution >= 0.6 is 11.8 Å². The second-order valence-corrected chi connectivity index (χ2v) is 6.87. The van der Waals surface area contributed by atoms with Crippen molar-refractivity contribution >= 4 is 23.4 Å². The number of ether oxygens (including phenoxy) is 2. The lowest BCUT2D eigenvalue weighted by molar-refractivity contribution is -0.113. The van der Waals surface area contributed by atoms with Crippen molar-refractivity contribution in [2.45, 2.75) is 25.2 Å². The van der Waals surface area contributed by atoms with Crippen LogP contribution in [0.5, 0.6) is 11.5 Å². The number of thioether (sulfide) groups is 1. The lowest BCUT2D eigenvalue weighted by atomic mass is 10.3. The first-order valence-corrected chi connectivity index (χ1v) is 9.95. The maximum atomic E-state index is 13.6. The average Bonchev–Trinajstić information content (AvgIpc) is 3.14. The van der Waals surface area contributed by atoms with E-state index in [9.17, 15) is 9.18 Å². The Morgan fingerprint density at radius 2 is 1.86 bits per heavy atom. The van der Waals surface area contributed by atoms with Crippen molar-refractivity contribution in [1.29, 1.82) is 0 Å². The van der Waals surface area contributed by atoms with Crippen LogP contribution in [0.2, 0.25) is 0 Å². The quantitative estimate of drug-likeness (QED) is 0.535. The molecule has 0 saturated heterocycles. The number of anilines is 1. The molecular weight excluding hydrogens is 395 g/mol. The predicted molar refractivity (Wildman–Crippen MR) is 109 cm³/mol. The molecule has 0 fully saturated rings. The van der Waals surface area contributed by atoms with Gasteiger partial charge in [-0.2, -0.15) is 0 Å². The predicted octanol–water partition coefficient (Wildman–Crippen LogP) is 3.76. The molecule has 1 N–H and O–H groups in total. The fraction of sp³-hybridized carbons (Fsp3) is 0.250. The number of halogens is 1. The smallest absolute Gasteiger partial charge is 0.234 e. The molecule has 0 bridgehead atoms. The molecule has 1 heterocycles. The number of rotatable bonds is 9. The van der Waals surface area contributed by atoms with E-state index in [0.29, 0.717) is 23.3 Å². The van der Waals surface area contributed by atoms with Crippen molar-refractivity contribution in [3.8, 4) is 11.5 Å². The van der Waals surface area contributed by atoms with Gasteiger partial charge in [0.05, 0.1) is 18.6 Å². The van der Waals surface area contributed by atoms with Crippen molar-refractivity contribution in [3.05, 3.63) is 60.2 Å². The maximum Gasteiger partial charge on any atom is 0.234 e. The number of nitrogens with zero attached hydrogens (tertiary/aromatic N) is 3. The average molecular weight is 416 g/mol. The fourth-order valence-corrected chi connectivity index (χ4v) is 3.37. The van der Waals surface area contributed by atoms with E-state index < -0.39 is 5.82 Å². The molecule has 3 rings (SSSR count). The van der Waals surface area contributed by atoms with E-state index in [1.807, 2.05) is 35.8 Å². The summed E-state index contributed by atoms with van der Waals surface area (Å²) in [6.45, 7) is 2.84. The van der Waals surface area contributed by atoms with Crippen LogP contribution in [0.25, 0.3) is 0 Å². The zero-order chi connectivity index (χ0) is 20.6. The van der Waals surface area contributed by atoms with Gasteiger partial charge in [0, 0.05) is 6.54 Å². The van der Waals surface area contributed by atoms with Gasteiger partial charge in [-0.15, -0.1) is 10.2 Å². The second kappa shape index (κ2) is 9.92. The minimum Gasteiger partial charge on any atom is -0.497 e. The van der Waals surface area contributed by atoms with Gasteiger partial charge in [-0.05, 0) is 43.3 Å². The number of benzene rings is 2. The molecule has 0 atom stereocenters. The third-order valence-electron chi connectivity index (χ3n) is 4.02. The van der Waals surface area contributed by atoms with E-state index in [1.54, 1.807) is 19.2 Å². The lowest BCUT2D eigenvalue weighted by Crippen LogP contribution is -2.15. The Bertz CT molecular complexity index is 963. The molecule has 0 aliphatic rings. The van der Waals surface area contributed by atoms with E-state index in [0.717, 1.165) is 5.75 Å². The van der Waals surface area contributed by atoms with Crippen LogP contribution in [0.1, 0.15) is 12.7 Å². The van der Waals surface area contributed by atoms with Gasteiger partial charge >= 0.3 is 0 Å². The second-order valence-electron chi connectivity index (χ2n) is 5.92. The molecule has 2 aromatic carbocycles. The fourth-order valence-electron chi connectivity index (χ4n) is 2.55. The van der Waals surface area contributed by atoms with Gasteiger partial charge in [-0.3, -0.25) is 4.79 Å². The van der Waals surface area contributed by atoms with Crippen LogP contribution in [0.3, 0.4) is 0 Å². The highest BCUT2D eigenvalue weighted by Crippen LogP contribution is 2.21. The molecule has 0 saturated carbocycles. The van der Waals surface area contributed by atoms with Crippen LogP contribution in [0.4, 0.5) is 10.1 Å². The molecule has 29 heavy (non-hydrogen) atoms. The first kappa shape index (κ1) is 20.7. The number of carbonyl (C=O) groups excluding carboxylic acids is 1. The van der Waals surface area contributed by atoms with Crippen molar-refractivity contribution in [2.24, 2.45) is 0 Å². The van der Waals surface area contributed by atoms with Crippen LogP contribution in [-0.4, -0.2) is 33.5 Å². The Balaban J connectivity index is 1.57. The van der Waals surface area contributed by atoms with Crippen molar-refractivity contribution in [3.63, 3.8) is 0 Å². The standard InChI is InChI=1S/C20H21FN4O3S/c1-3-25-18(12-28-15-10-8-14(27-2)9-11-15)23-24-20(25)29-13-19(26)22-17-7-5-4-6-16(17)21/h4-11H,3,12-13H2,1-2H3,(H,22,26). The van der Waals surface area contributed by atoms with Crippen LogP contribution < -0.4 is 14.8 Å². The minimum atomic E-state index is -0.472. The van der Waals surface area contributed by atoms with Crippen LogP contribution in [0.15, 0.2) is 53.7 Å². The Labute approximate surface area is 172 Å². The highest BCUT2D eigenvalue weighted by Gasteiger charge is 2.14. The maximum absolute atomic E-state index is 13.6. The number of methoxy groups -OCH3 is 1. The summed E-state index contributed by atoms with van der Waals surface area (Å²) < 4.78 is 26.4. The largest absolute Gasteiger partial charge is 0.497 e. The third-order valence-corrected chi connectivity index (χ3v) is 4.98. The Morgan fingerprint density at radius 3 is 2.55 bits per heavy atom. The number of hydrogen-bond donors (Lipinski definition) is 1. The summed E-state index contributed by atoms with van der Waals surface area (Å²) in [5.41, 5.74) is 0.156. The number of aromatic nitrogens is 3. The first-order valence-electron chi connectivity index (χ1n) is 8.96. The van der Waals surface area contributed by atoms with Crippen molar-refractivity contribution in [2.75, 3.05) is 18.2 Å². The highest BCUT2D eigenvalue weighted by atomic mass is 32.2. The summed E-state index contributed by atoms with van der Waals surface area (Å²) in [7, 11) is 1.61. The van der Waals surface area contributed by atoms with Crippen molar-refractivity contribution in [1.82, 2.24) is 14.8 Å². The molecular formula is C20H21FN4O3S. The summed E-state index contributed by atoms with van der Waals surface area (Å²) >= 11 is 1.24. The summed E-state index contributed by atoms with van der Waals surface area (Å²) in [5, 5.41) is 11.5. The summed E-state index contributed by atoms with van der Waals surface area (Å²) in [6, 6.07) is 13.3. The van der Waals surface area contributed by atoms with Crippen LogP contribution in [-0.2, 0) is 17.9 Å². The minimum absolute atomic E-state index is 0.0891. The Kier molecular flexibility index (Phi) is 7.07. The summed E-state index contributed by atoms with van der Waals surface area (Å²) in [6.07, 6.45) is 0. The number of nitrogens with one attached hydrogen (secondary N) is 1. The normalized spacial score (nSPS) is 10.6.